The minimum Gasteiger partial charge on any atom is -0.392 e. The fourth-order valence-corrected chi connectivity index (χ4v) is 1.07. The van der Waals surface area contributed by atoms with E-state index in [1.807, 2.05) is 0 Å². The van der Waals surface area contributed by atoms with E-state index < -0.39 is 12.2 Å². The Hall–Kier alpha value is -1.01. The van der Waals surface area contributed by atoms with Gasteiger partial charge in [0, 0.05) is 5.02 Å². The molecular formula is C10H9ClO2. The number of hydrogen-bond acceptors (Lipinski definition) is 2. The van der Waals surface area contributed by atoms with Gasteiger partial charge in [-0.05, 0) is 17.7 Å². The zero-order valence-electron chi connectivity index (χ0n) is 6.87. The largest absolute Gasteiger partial charge is 0.392 e. The highest BCUT2D eigenvalue weighted by Crippen LogP contribution is 2.21. The lowest BCUT2D eigenvalue weighted by Crippen LogP contribution is -2.27. The molecule has 0 aliphatic heterocycles. The highest BCUT2D eigenvalue weighted by atomic mass is 35.5. The monoisotopic (exact) mass is 196 g/mol. The van der Waals surface area contributed by atoms with E-state index in [4.69, 9.17) is 23.1 Å². The van der Waals surface area contributed by atoms with Gasteiger partial charge in [0.1, 0.15) is 0 Å². The topological polar surface area (TPSA) is 40.5 Å². The number of hydrogen-bond donors (Lipinski definition) is 2. The van der Waals surface area contributed by atoms with E-state index in [-0.39, 0.29) is 0 Å². The van der Waals surface area contributed by atoms with Crippen molar-refractivity contribution in [3.63, 3.8) is 0 Å². The van der Waals surface area contributed by atoms with E-state index in [0.29, 0.717) is 10.6 Å². The molecular weight excluding hydrogens is 188 g/mol. The molecule has 0 spiro atoms. The summed E-state index contributed by atoms with van der Waals surface area (Å²) >= 11 is 5.65. The Morgan fingerprint density at radius 2 is 1.92 bits per heavy atom. The average molecular weight is 197 g/mol. The number of terminal acetylenes is 1. The summed E-state index contributed by atoms with van der Waals surface area (Å²) in [5.41, 5.74) is -1.15. The molecule has 13 heavy (non-hydrogen) atoms. The van der Waals surface area contributed by atoms with E-state index in [1.165, 1.54) is 0 Å². The van der Waals surface area contributed by atoms with Crippen molar-refractivity contribution in [2.24, 2.45) is 0 Å². The van der Waals surface area contributed by atoms with Crippen LogP contribution in [0.25, 0.3) is 0 Å². The molecule has 0 aliphatic rings. The second-order valence-corrected chi connectivity index (χ2v) is 3.11. The molecule has 0 aliphatic carbocycles. The molecule has 0 heterocycles. The summed E-state index contributed by atoms with van der Waals surface area (Å²) in [5, 5.41) is 19.1. The van der Waals surface area contributed by atoms with Gasteiger partial charge >= 0.3 is 0 Å². The highest BCUT2D eigenvalue weighted by Gasteiger charge is 2.24. The van der Waals surface area contributed by atoms with Crippen LogP contribution in [-0.4, -0.2) is 16.8 Å². The van der Waals surface area contributed by atoms with Gasteiger partial charge in [0.2, 0.25) is 0 Å². The summed E-state index contributed by atoms with van der Waals surface area (Å²) in [7, 11) is 0. The third kappa shape index (κ3) is 2.02. The van der Waals surface area contributed by atoms with Crippen molar-refractivity contribution in [1.29, 1.82) is 0 Å². The predicted molar refractivity (Wildman–Crippen MR) is 51.3 cm³/mol. The van der Waals surface area contributed by atoms with E-state index in [1.54, 1.807) is 24.3 Å². The van der Waals surface area contributed by atoms with E-state index in [0.717, 1.165) is 0 Å². The lowest BCUT2D eigenvalue weighted by Gasteiger charge is -2.19. The zero-order valence-corrected chi connectivity index (χ0v) is 7.62. The minimum atomic E-state index is -1.61. The summed E-state index contributed by atoms with van der Waals surface area (Å²) in [5.74, 6) is 2.13. The van der Waals surface area contributed by atoms with Gasteiger partial charge in [-0.15, -0.1) is 6.42 Å². The molecule has 1 aromatic rings. The van der Waals surface area contributed by atoms with Crippen LogP contribution >= 0.6 is 11.6 Å². The quantitative estimate of drug-likeness (QED) is 0.697. The molecule has 2 nitrogen and oxygen atoms in total. The van der Waals surface area contributed by atoms with Crippen LogP contribution in [0.5, 0.6) is 0 Å². The molecule has 0 fully saturated rings. The number of halogens is 1. The van der Waals surface area contributed by atoms with E-state index in [2.05, 4.69) is 5.92 Å². The Morgan fingerprint density at radius 3 is 2.31 bits per heavy atom. The van der Waals surface area contributed by atoms with E-state index >= 15 is 0 Å². The fourth-order valence-electron chi connectivity index (χ4n) is 0.946. The summed E-state index contributed by atoms with van der Waals surface area (Å²) in [4.78, 5) is 0. The normalized spacial score (nSPS) is 14.6. The number of benzene rings is 1. The van der Waals surface area contributed by atoms with Crippen molar-refractivity contribution in [1.82, 2.24) is 0 Å². The molecule has 1 atom stereocenters. The standard InChI is InChI=1S/C10H9ClO2/c1-2-10(13,7-12)8-3-5-9(11)6-4-8/h1,3-6,12-13H,7H2. The van der Waals surface area contributed by atoms with Crippen LogP contribution in [0.1, 0.15) is 5.56 Å². The molecule has 0 saturated heterocycles. The molecule has 3 heteroatoms. The Kier molecular flexibility index (Phi) is 2.94. The van der Waals surface area contributed by atoms with Crippen LogP contribution in [-0.2, 0) is 5.60 Å². The van der Waals surface area contributed by atoms with Crippen molar-refractivity contribution >= 4 is 11.6 Å². The average Bonchev–Trinajstić information content (AvgIpc) is 2.18. The Morgan fingerprint density at radius 1 is 1.38 bits per heavy atom. The number of aliphatic hydroxyl groups is 2. The maximum absolute atomic E-state index is 9.66. The molecule has 1 rings (SSSR count). The molecule has 0 radical (unpaired) electrons. The molecule has 1 unspecified atom stereocenters. The highest BCUT2D eigenvalue weighted by molar-refractivity contribution is 6.30. The maximum atomic E-state index is 9.66. The molecule has 0 saturated carbocycles. The van der Waals surface area contributed by atoms with Crippen LogP contribution in [0.4, 0.5) is 0 Å². The van der Waals surface area contributed by atoms with Crippen LogP contribution in [0.15, 0.2) is 24.3 Å². The van der Waals surface area contributed by atoms with Gasteiger partial charge in [-0.3, -0.25) is 0 Å². The van der Waals surface area contributed by atoms with Gasteiger partial charge < -0.3 is 10.2 Å². The second-order valence-electron chi connectivity index (χ2n) is 2.67. The molecule has 0 aromatic heterocycles. The van der Waals surface area contributed by atoms with Gasteiger partial charge in [-0.25, -0.2) is 0 Å². The maximum Gasteiger partial charge on any atom is 0.173 e. The van der Waals surface area contributed by atoms with Gasteiger partial charge in [-0.1, -0.05) is 29.7 Å². The van der Waals surface area contributed by atoms with Crippen LogP contribution in [0.3, 0.4) is 0 Å². The first kappa shape index (κ1) is 10.1. The lowest BCUT2D eigenvalue weighted by molar-refractivity contribution is 0.0331. The van der Waals surface area contributed by atoms with E-state index in [9.17, 15) is 5.11 Å². The number of aliphatic hydroxyl groups excluding tert-OH is 1. The summed E-state index contributed by atoms with van der Waals surface area (Å²) in [6.45, 7) is -0.509. The van der Waals surface area contributed by atoms with Crippen LogP contribution in [0.2, 0.25) is 5.02 Å². The smallest absolute Gasteiger partial charge is 0.173 e. The van der Waals surface area contributed by atoms with Gasteiger partial charge in [0.25, 0.3) is 0 Å². The van der Waals surface area contributed by atoms with Crippen molar-refractivity contribution in [3.8, 4) is 12.3 Å². The van der Waals surface area contributed by atoms with Crippen molar-refractivity contribution in [3.05, 3.63) is 34.9 Å². The summed E-state index contributed by atoms with van der Waals surface area (Å²) < 4.78 is 0. The van der Waals surface area contributed by atoms with Gasteiger partial charge in [-0.2, -0.15) is 0 Å². The SMILES string of the molecule is C#CC(O)(CO)c1ccc(Cl)cc1. The second kappa shape index (κ2) is 3.80. The molecule has 0 amide bonds. The Balaban J connectivity index is 3.08. The molecule has 68 valence electrons. The summed E-state index contributed by atoms with van der Waals surface area (Å²) in [6.07, 6.45) is 5.09. The third-order valence-electron chi connectivity index (χ3n) is 1.79. The fraction of sp³-hybridized carbons (Fsp3) is 0.200. The Labute approximate surface area is 81.8 Å². The minimum absolute atomic E-state index is 0.460. The third-order valence-corrected chi connectivity index (χ3v) is 2.04. The first-order valence-corrected chi connectivity index (χ1v) is 4.07. The van der Waals surface area contributed by atoms with Crippen molar-refractivity contribution < 1.29 is 10.2 Å². The van der Waals surface area contributed by atoms with Crippen molar-refractivity contribution in [2.45, 2.75) is 5.60 Å². The van der Waals surface area contributed by atoms with Crippen LogP contribution < -0.4 is 0 Å². The van der Waals surface area contributed by atoms with Crippen LogP contribution in [0, 0.1) is 12.3 Å². The van der Waals surface area contributed by atoms with Gasteiger partial charge in [0.15, 0.2) is 5.60 Å². The Bertz CT molecular complexity index is 326. The zero-order chi connectivity index (χ0) is 9.90. The number of rotatable bonds is 2. The van der Waals surface area contributed by atoms with Gasteiger partial charge in [0.05, 0.1) is 6.61 Å². The predicted octanol–water partition coefficient (Wildman–Crippen LogP) is 1.15. The van der Waals surface area contributed by atoms with Crippen molar-refractivity contribution in [2.75, 3.05) is 6.61 Å². The first-order chi connectivity index (χ1) is 6.12. The lowest BCUT2D eigenvalue weighted by atomic mass is 9.96. The summed E-state index contributed by atoms with van der Waals surface area (Å²) in [6, 6.07) is 6.38. The molecule has 0 bridgehead atoms. The molecule has 1 aromatic carbocycles. The first-order valence-electron chi connectivity index (χ1n) is 3.69. The molecule has 2 N–H and O–H groups in total.